The molecule has 3 heterocycles. The number of hydrogen-bond donors (Lipinski definition) is 6. The Labute approximate surface area is 520 Å². The van der Waals surface area contributed by atoms with Gasteiger partial charge < -0.3 is 46.9 Å². The lowest BCUT2D eigenvalue weighted by Crippen LogP contribution is -2.55. The van der Waals surface area contributed by atoms with E-state index in [-0.39, 0.29) is 105 Å². The van der Waals surface area contributed by atoms with Gasteiger partial charge in [-0.2, -0.15) is 0 Å². The van der Waals surface area contributed by atoms with Crippen LogP contribution >= 0.6 is 0 Å². The maximum absolute atomic E-state index is 14.3. The molecule has 28 nitrogen and oxygen atoms in total. The summed E-state index contributed by atoms with van der Waals surface area (Å²) in [6.07, 6.45) is 3.61. The first-order chi connectivity index (χ1) is 43.7. The van der Waals surface area contributed by atoms with Crippen LogP contribution in [0, 0.1) is 21.6 Å². The molecular weight excluding hydrogens is 1180 g/mol. The van der Waals surface area contributed by atoms with E-state index in [1.165, 1.54) is 46.2 Å². The number of amides is 13. The van der Waals surface area contributed by atoms with Crippen LogP contribution in [-0.2, 0) is 40.1 Å². The molecule has 3 aliphatic heterocycles. The number of rotatable bonds is 31. The molecular formula is C63H67N13O15. The van der Waals surface area contributed by atoms with Crippen LogP contribution in [-0.4, -0.2) is 173 Å². The van der Waals surface area contributed by atoms with Crippen molar-refractivity contribution in [2.45, 2.75) is 71.1 Å². The molecule has 2 atom stereocenters. The van der Waals surface area contributed by atoms with Gasteiger partial charge in [0.05, 0.1) is 17.7 Å². The first kappa shape index (κ1) is 64.8. The second-order valence-electron chi connectivity index (χ2n) is 22.8. The fourth-order valence-electron chi connectivity index (χ4n) is 11.1. The van der Waals surface area contributed by atoms with Crippen molar-refractivity contribution >= 4 is 110 Å². The van der Waals surface area contributed by atoms with E-state index in [0.29, 0.717) is 58.1 Å². The van der Waals surface area contributed by atoms with Gasteiger partial charge in [-0.15, -0.1) is 9.81 Å². The van der Waals surface area contributed by atoms with Crippen molar-refractivity contribution in [2.75, 3.05) is 70.8 Å². The summed E-state index contributed by atoms with van der Waals surface area (Å²) in [5.41, 5.74) is 6.90. The summed E-state index contributed by atoms with van der Waals surface area (Å²) in [4.78, 5) is 188. The van der Waals surface area contributed by atoms with Crippen molar-refractivity contribution in [1.82, 2.24) is 45.8 Å². The number of nitrogens with two attached hydrogens (primary N) is 1. The molecule has 1 fully saturated rings. The summed E-state index contributed by atoms with van der Waals surface area (Å²) in [7, 11) is 0. The molecule has 13 amide bonds. The van der Waals surface area contributed by atoms with Gasteiger partial charge in [-0.05, 0) is 126 Å². The fraction of sp³-hybridized carbons (Fsp3) is 0.365. The standard InChI is InChI=1S/C63H67N13O15/c1-36(2)55(69-50(78)33-66-49(77)20-24-74-51(79)18-19-52(74)80)57(82)68-48(11-5-21-65-62(64)87)56(81)67-41-16-14-38(15-17-41)35-91-63(88)73(26-28-76-59(84)45-10-4-8-40-30-43(71-90)32-47(54(40)45)61(76)86)23-6-22-72(34-37-12-13-37)25-27-75-58(83)44-9-3-7-39-29-42(70-89)31-46(53(39)44)60(75)85/h3-4,7-10,14-19,29-32,36-37,48,55H,5-6,11-13,20-28,33-35H2,1-2H3,(H,66,77)(H,67,81)(H,68,82)(H,69,78)(H3,64,65,87)/t48-,55-/m0/s1. The number of hydrogen-bond acceptors (Lipinski definition) is 18. The van der Waals surface area contributed by atoms with E-state index in [9.17, 15) is 67.3 Å². The average Bonchev–Trinajstić information content (AvgIpc) is 1.10. The largest absolute Gasteiger partial charge is 0.445 e. The topological polar surface area (TPSA) is 375 Å². The number of urea groups is 1. The van der Waals surface area contributed by atoms with Crippen molar-refractivity contribution in [3.63, 3.8) is 0 Å². The van der Waals surface area contributed by atoms with Gasteiger partial charge in [0.1, 0.15) is 30.1 Å². The molecule has 0 bridgehead atoms. The Kier molecular flexibility index (Phi) is 20.7. The Bertz CT molecular complexity index is 3790. The molecule has 0 spiro atoms. The van der Waals surface area contributed by atoms with Gasteiger partial charge in [0.15, 0.2) is 0 Å². The molecule has 9 rings (SSSR count). The number of carbonyl (C=O) groups excluding carboxylic acids is 12. The van der Waals surface area contributed by atoms with Crippen LogP contribution in [0.5, 0.6) is 0 Å². The molecule has 4 aliphatic rings. The van der Waals surface area contributed by atoms with E-state index in [2.05, 4.69) is 41.8 Å². The first-order valence-corrected chi connectivity index (χ1v) is 29.7. The SMILES string of the molecule is CC(C)[C@H](NC(=O)CNC(=O)CCN1C(=O)C=CC1=O)C(=O)N[C@@H](CCCNC(N)=O)C(=O)Nc1ccc(COC(=O)N(CCCN(CCN2C(=O)c3cccc4cc(N=O)cc(c34)C2=O)CC2CC2)CCN2C(=O)c3cccc4cc(N=O)cc(c34)C2=O)cc1. The highest BCUT2D eigenvalue weighted by Crippen LogP contribution is 2.36. The summed E-state index contributed by atoms with van der Waals surface area (Å²) in [5.74, 6) is -6.33. The Balaban J connectivity index is 0.838. The minimum absolute atomic E-state index is 0.00594. The zero-order valence-corrected chi connectivity index (χ0v) is 49.9. The fourth-order valence-corrected chi connectivity index (χ4v) is 11.1. The molecule has 7 N–H and O–H groups in total. The van der Waals surface area contributed by atoms with Crippen molar-refractivity contribution in [1.29, 1.82) is 0 Å². The van der Waals surface area contributed by atoms with Crippen LogP contribution < -0.4 is 32.3 Å². The Morgan fingerprint density at radius 3 is 1.78 bits per heavy atom. The van der Waals surface area contributed by atoms with Crippen molar-refractivity contribution in [3.05, 3.63) is 135 Å². The van der Waals surface area contributed by atoms with Crippen LogP contribution in [0.1, 0.15) is 99.4 Å². The zero-order valence-electron chi connectivity index (χ0n) is 49.9. The van der Waals surface area contributed by atoms with Crippen molar-refractivity contribution < 1.29 is 62.3 Å². The first-order valence-electron chi connectivity index (χ1n) is 29.7. The van der Waals surface area contributed by atoms with E-state index >= 15 is 0 Å². The molecule has 1 aliphatic carbocycles. The van der Waals surface area contributed by atoms with Gasteiger partial charge in [-0.3, -0.25) is 62.6 Å². The van der Waals surface area contributed by atoms with Gasteiger partial charge in [0.2, 0.25) is 23.6 Å². The molecule has 0 aromatic heterocycles. The molecule has 91 heavy (non-hydrogen) atoms. The van der Waals surface area contributed by atoms with Crippen molar-refractivity contribution in [2.24, 2.45) is 27.9 Å². The normalized spacial score (nSPS) is 14.9. The minimum Gasteiger partial charge on any atom is -0.445 e. The molecule has 28 heteroatoms. The number of anilines is 1. The van der Waals surface area contributed by atoms with Crippen LogP contribution in [0.25, 0.3) is 21.5 Å². The quantitative estimate of drug-likeness (QED) is 0.0196. The molecule has 0 radical (unpaired) electrons. The van der Waals surface area contributed by atoms with Gasteiger partial charge >= 0.3 is 12.1 Å². The summed E-state index contributed by atoms with van der Waals surface area (Å²) in [6.45, 7) is 3.34. The third kappa shape index (κ3) is 15.8. The van der Waals surface area contributed by atoms with Gasteiger partial charge in [0.25, 0.3) is 35.4 Å². The number of nitrogens with one attached hydrogen (secondary N) is 5. The van der Waals surface area contributed by atoms with Crippen LogP contribution in [0.2, 0.25) is 0 Å². The highest BCUT2D eigenvalue weighted by Gasteiger charge is 2.37. The molecule has 5 aromatic rings. The third-order valence-corrected chi connectivity index (χ3v) is 16.0. The van der Waals surface area contributed by atoms with Crippen LogP contribution in [0.4, 0.5) is 26.7 Å². The third-order valence-electron chi connectivity index (χ3n) is 16.0. The number of carbonyl (C=O) groups is 12. The Morgan fingerprint density at radius 1 is 0.637 bits per heavy atom. The summed E-state index contributed by atoms with van der Waals surface area (Å²) < 4.78 is 5.86. The number of ether oxygens (including phenoxy) is 1. The van der Waals surface area contributed by atoms with E-state index in [1.54, 1.807) is 62.4 Å². The van der Waals surface area contributed by atoms with E-state index < -0.39 is 95.7 Å². The minimum atomic E-state index is -1.21. The monoisotopic (exact) mass is 1250 g/mol. The van der Waals surface area contributed by atoms with E-state index in [4.69, 9.17) is 10.5 Å². The van der Waals surface area contributed by atoms with Gasteiger partial charge in [-0.1, -0.05) is 50.2 Å². The molecule has 1 saturated carbocycles. The summed E-state index contributed by atoms with van der Waals surface area (Å²) in [6, 6.07) is 18.6. The van der Waals surface area contributed by atoms with Crippen molar-refractivity contribution in [3.8, 4) is 0 Å². The molecule has 0 saturated heterocycles. The van der Waals surface area contributed by atoms with Gasteiger partial charge in [-0.25, -0.2) is 9.59 Å². The van der Waals surface area contributed by atoms with Crippen LogP contribution in [0.15, 0.2) is 107 Å². The number of imide groups is 3. The predicted molar refractivity (Wildman–Crippen MR) is 329 cm³/mol. The number of benzene rings is 5. The predicted octanol–water partition coefficient (Wildman–Crippen LogP) is 4.87. The molecule has 0 unspecified atom stereocenters. The smallest absolute Gasteiger partial charge is 0.410 e. The lowest BCUT2D eigenvalue weighted by atomic mass is 9.93. The van der Waals surface area contributed by atoms with Gasteiger partial charge in [0, 0.05) is 98.5 Å². The lowest BCUT2D eigenvalue weighted by molar-refractivity contribution is -0.137. The second-order valence-corrected chi connectivity index (χ2v) is 22.8. The van der Waals surface area contributed by atoms with E-state index in [1.807, 2.05) is 0 Å². The Morgan fingerprint density at radius 2 is 1.22 bits per heavy atom. The Hall–Kier alpha value is -10.6. The number of nitrogens with zero attached hydrogens (tertiary/aromatic N) is 7. The lowest BCUT2D eigenvalue weighted by Gasteiger charge is -2.31. The molecule has 474 valence electrons. The number of nitroso groups, excluding NO2 is 2. The zero-order chi connectivity index (χ0) is 65.0. The maximum Gasteiger partial charge on any atom is 0.410 e. The highest BCUT2D eigenvalue weighted by atomic mass is 16.6. The van der Waals surface area contributed by atoms with Crippen LogP contribution in [0.3, 0.4) is 0 Å². The summed E-state index contributed by atoms with van der Waals surface area (Å²) >= 11 is 0. The maximum atomic E-state index is 14.3. The molecule has 5 aromatic carbocycles. The summed E-state index contributed by atoms with van der Waals surface area (Å²) in [5, 5.41) is 20.7. The highest BCUT2D eigenvalue weighted by molar-refractivity contribution is 6.27. The number of primary amides is 1. The average molecular weight is 1250 g/mol. The second kappa shape index (κ2) is 29.1. The van der Waals surface area contributed by atoms with E-state index in [0.717, 1.165) is 34.8 Å².